The molecule has 128 valence electrons. The van der Waals surface area contributed by atoms with Crippen LogP contribution >= 0.6 is 11.3 Å². The number of aliphatic hydroxyl groups is 1. The molecule has 1 aliphatic rings. The van der Waals surface area contributed by atoms with Gasteiger partial charge in [0.1, 0.15) is 5.69 Å². The first kappa shape index (κ1) is 17.7. The summed E-state index contributed by atoms with van der Waals surface area (Å²) >= 11 is 0.957. The van der Waals surface area contributed by atoms with Gasteiger partial charge in [0.15, 0.2) is 5.01 Å². The van der Waals surface area contributed by atoms with Crippen molar-refractivity contribution in [3.05, 3.63) is 16.1 Å². The van der Waals surface area contributed by atoms with Gasteiger partial charge in [-0.05, 0) is 20.8 Å². The number of hydrogen-bond donors (Lipinski definition) is 2. The number of carbonyl (C=O) groups is 2. The molecule has 2 amide bonds. The molecule has 0 aliphatic carbocycles. The summed E-state index contributed by atoms with van der Waals surface area (Å²) in [6.07, 6.45) is -0.373. The number of carbonyl (C=O) groups excluding carboxylic acids is 2. The predicted octanol–water partition coefficient (Wildman–Crippen LogP) is 1.51. The van der Waals surface area contributed by atoms with Crippen molar-refractivity contribution in [2.45, 2.75) is 44.8 Å². The third-order valence-electron chi connectivity index (χ3n) is 3.39. The SMILES string of the molecule is C[C@H]1CC(F)(F)CN1C(=O)c1csc(C(=O)NCC(C)(C)O)n1. The zero-order valence-electron chi connectivity index (χ0n) is 13.1. The molecule has 2 heterocycles. The minimum Gasteiger partial charge on any atom is -0.389 e. The first-order chi connectivity index (χ1) is 10.5. The molecule has 2 rings (SSSR count). The molecule has 0 bridgehead atoms. The maximum absolute atomic E-state index is 13.4. The van der Waals surface area contributed by atoms with Crippen LogP contribution in [-0.4, -0.2) is 57.5 Å². The fraction of sp³-hybridized carbons (Fsp3) is 0.643. The van der Waals surface area contributed by atoms with Gasteiger partial charge in [-0.2, -0.15) is 0 Å². The summed E-state index contributed by atoms with van der Waals surface area (Å²) < 4.78 is 26.7. The highest BCUT2D eigenvalue weighted by Gasteiger charge is 2.45. The maximum atomic E-state index is 13.4. The van der Waals surface area contributed by atoms with Gasteiger partial charge in [-0.15, -0.1) is 11.3 Å². The molecule has 1 fully saturated rings. The van der Waals surface area contributed by atoms with Gasteiger partial charge in [-0.3, -0.25) is 9.59 Å². The monoisotopic (exact) mass is 347 g/mol. The highest BCUT2D eigenvalue weighted by atomic mass is 32.1. The maximum Gasteiger partial charge on any atom is 0.280 e. The van der Waals surface area contributed by atoms with E-state index in [9.17, 15) is 23.5 Å². The van der Waals surface area contributed by atoms with E-state index in [-0.39, 0.29) is 23.7 Å². The fourth-order valence-corrected chi connectivity index (χ4v) is 2.99. The van der Waals surface area contributed by atoms with Crippen molar-refractivity contribution >= 4 is 23.2 Å². The van der Waals surface area contributed by atoms with Crippen molar-refractivity contribution in [3.63, 3.8) is 0 Å². The second-order valence-corrected chi connectivity index (χ2v) is 7.23. The lowest BCUT2D eigenvalue weighted by molar-refractivity contribution is 0.0117. The van der Waals surface area contributed by atoms with Crippen molar-refractivity contribution in [1.29, 1.82) is 0 Å². The summed E-state index contributed by atoms with van der Waals surface area (Å²) in [6, 6.07) is -0.577. The van der Waals surface area contributed by atoms with E-state index >= 15 is 0 Å². The third kappa shape index (κ3) is 4.44. The van der Waals surface area contributed by atoms with Crippen molar-refractivity contribution in [1.82, 2.24) is 15.2 Å². The highest BCUT2D eigenvalue weighted by molar-refractivity contribution is 7.11. The van der Waals surface area contributed by atoms with Gasteiger partial charge in [-0.1, -0.05) is 0 Å². The summed E-state index contributed by atoms with van der Waals surface area (Å²) in [7, 11) is 0. The van der Waals surface area contributed by atoms with Gasteiger partial charge in [0.2, 0.25) is 0 Å². The summed E-state index contributed by atoms with van der Waals surface area (Å²) in [5.41, 5.74) is -1.09. The first-order valence-corrected chi connectivity index (χ1v) is 8.01. The molecule has 1 aliphatic heterocycles. The number of hydrogen-bond acceptors (Lipinski definition) is 5. The number of halogens is 2. The van der Waals surface area contributed by atoms with Gasteiger partial charge < -0.3 is 15.3 Å². The number of nitrogens with zero attached hydrogens (tertiary/aromatic N) is 2. The number of rotatable bonds is 4. The van der Waals surface area contributed by atoms with Crippen molar-refractivity contribution in [2.75, 3.05) is 13.1 Å². The van der Waals surface area contributed by atoms with Crippen molar-refractivity contribution < 1.29 is 23.5 Å². The summed E-state index contributed by atoms with van der Waals surface area (Å²) in [6.45, 7) is 4.04. The minimum atomic E-state index is -2.89. The summed E-state index contributed by atoms with van der Waals surface area (Å²) in [4.78, 5) is 29.2. The smallest absolute Gasteiger partial charge is 0.280 e. The van der Waals surface area contributed by atoms with Crippen molar-refractivity contribution in [2.24, 2.45) is 0 Å². The zero-order valence-corrected chi connectivity index (χ0v) is 13.9. The molecule has 1 aromatic rings. The number of aromatic nitrogens is 1. The second kappa shape index (κ2) is 6.12. The lowest BCUT2D eigenvalue weighted by Gasteiger charge is -2.19. The topological polar surface area (TPSA) is 82.5 Å². The largest absolute Gasteiger partial charge is 0.389 e. The molecule has 2 N–H and O–H groups in total. The van der Waals surface area contributed by atoms with Gasteiger partial charge in [0.05, 0.1) is 12.1 Å². The first-order valence-electron chi connectivity index (χ1n) is 7.13. The fourth-order valence-electron chi connectivity index (χ4n) is 2.28. The number of likely N-dealkylation sites (tertiary alicyclic amines) is 1. The lowest BCUT2D eigenvalue weighted by Crippen LogP contribution is -2.38. The minimum absolute atomic E-state index is 0.0204. The Hall–Kier alpha value is -1.61. The highest BCUT2D eigenvalue weighted by Crippen LogP contribution is 2.32. The quantitative estimate of drug-likeness (QED) is 0.865. The Morgan fingerprint density at radius 2 is 2.22 bits per heavy atom. The number of nitrogens with one attached hydrogen (secondary N) is 1. The zero-order chi connectivity index (χ0) is 17.4. The van der Waals surface area contributed by atoms with E-state index < -0.39 is 35.9 Å². The van der Waals surface area contributed by atoms with Gasteiger partial charge in [-0.25, -0.2) is 13.8 Å². The van der Waals surface area contributed by atoms with Crippen LogP contribution < -0.4 is 5.32 Å². The summed E-state index contributed by atoms with van der Waals surface area (Å²) in [5, 5.41) is 13.5. The molecular weight excluding hydrogens is 328 g/mol. The lowest BCUT2D eigenvalue weighted by atomic mass is 10.1. The number of alkyl halides is 2. The molecular formula is C14H19F2N3O3S. The normalized spacial score (nSPS) is 20.6. The second-order valence-electron chi connectivity index (χ2n) is 6.38. The Balaban J connectivity index is 2.04. The third-order valence-corrected chi connectivity index (χ3v) is 4.23. The number of thiazole rings is 1. The molecule has 1 atom stereocenters. The molecule has 0 aromatic carbocycles. The van der Waals surface area contributed by atoms with Gasteiger partial charge in [0.25, 0.3) is 17.7 Å². The van der Waals surface area contributed by atoms with E-state index in [0.29, 0.717) is 0 Å². The molecule has 0 radical (unpaired) electrons. The molecule has 0 saturated carbocycles. The van der Waals surface area contributed by atoms with Crippen LogP contribution in [0.2, 0.25) is 0 Å². The van der Waals surface area contributed by atoms with E-state index in [1.807, 2.05) is 0 Å². The van der Waals surface area contributed by atoms with E-state index in [0.717, 1.165) is 16.2 Å². The van der Waals surface area contributed by atoms with Crippen molar-refractivity contribution in [3.8, 4) is 0 Å². The molecule has 0 spiro atoms. The van der Waals surface area contributed by atoms with Gasteiger partial charge in [0, 0.05) is 24.4 Å². The van der Waals surface area contributed by atoms with Crippen LogP contribution in [0.5, 0.6) is 0 Å². The standard InChI is InChI=1S/C14H19F2N3O3S/c1-8-4-14(15,16)7-19(8)12(21)9-5-23-11(18-9)10(20)17-6-13(2,3)22/h5,8,22H,4,6-7H2,1-3H3,(H,17,20)/t8-/m0/s1. The molecule has 23 heavy (non-hydrogen) atoms. The predicted molar refractivity (Wildman–Crippen MR) is 80.8 cm³/mol. The Morgan fingerprint density at radius 1 is 1.57 bits per heavy atom. The van der Waals surface area contributed by atoms with E-state index in [2.05, 4.69) is 10.3 Å². The van der Waals surface area contributed by atoms with Crippen LogP contribution in [0.4, 0.5) is 8.78 Å². The van der Waals surface area contributed by atoms with E-state index in [1.165, 1.54) is 5.38 Å². The Morgan fingerprint density at radius 3 is 2.74 bits per heavy atom. The van der Waals surface area contributed by atoms with Crippen LogP contribution in [0.1, 0.15) is 47.5 Å². The average molecular weight is 347 g/mol. The Labute approximate surface area is 136 Å². The Bertz CT molecular complexity index is 613. The summed E-state index contributed by atoms with van der Waals surface area (Å²) in [5.74, 6) is -4.01. The van der Waals surface area contributed by atoms with Crippen LogP contribution in [0, 0.1) is 0 Å². The molecule has 0 unspecified atom stereocenters. The van der Waals surface area contributed by atoms with Crippen LogP contribution in [0.15, 0.2) is 5.38 Å². The van der Waals surface area contributed by atoms with Crippen LogP contribution in [0.25, 0.3) is 0 Å². The van der Waals surface area contributed by atoms with E-state index in [1.54, 1.807) is 20.8 Å². The van der Waals surface area contributed by atoms with E-state index in [4.69, 9.17) is 0 Å². The average Bonchev–Trinajstić information content (AvgIpc) is 2.99. The Kier molecular flexibility index (Phi) is 4.72. The molecule has 9 heteroatoms. The van der Waals surface area contributed by atoms with Crippen LogP contribution in [-0.2, 0) is 0 Å². The molecule has 1 aromatic heterocycles. The molecule has 6 nitrogen and oxygen atoms in total. The van der Waals surface area contributed by atoms with Gasteiger partial charge >= 0.3 is 0 Å². The molecule has 1 saturated heterocycles. The van der Waals surface area contributed by atoms with Crippen LogP contribution in [0.3, 0.4) is 0 Å². The number of amides is 2.